The molecule has 1 atom stereocenters. The van der Waals surface area contributed by atoms with Gasteiger partial charge in [0.25, 0.3) is 0 Å². The first-order valence-corrected chi connectivity index (χ1v) is 8.29. The molecule has 0 aliphatic carbocycles. The highest BCUT2D eigenvalue weighted by molar-refractivity contribution is 7.92. The molecule has 0 heterocycles. The predicted octanol–water partition coefficient (Wildman–Crippen LogP) is 1.51. The van der Waals surface area contributed by atoms with Gasteiger partial charge in [-0.05, 0) is 31.9 Å². The third kappa shape index (κ3) is 6.53. The van der Waals surface area contributed by atoms with Crippen LogP contribution in [0.2, 0.25) is 0 Å². The first-order chi connectivity index (χ1) is 9.28. The standard InChI is InChI=1S/C13H21N3O3S/c1-10(14)6-5-9-13(17)15-11-7-3-4-8-12(11)16-20(2,18)19/h3-4,7-8,10,16H,5-6,9,14H2,1-2H3,(H,15,17). The molecule has 1 aromatic rings. The number of para-hydroxylation sites is 2. The maximum absolute atomic E-state index is 11.8. The first kappa shape index (κ1) is 16.5. The monoisotopic (exact) mass is 299 g/mol. The molecule has 0 bridgehead atoms. The van der Waals surface area contributed by atoms with Gasteiger partial charge in [0, 0.05) is 12.5 Å². The summed E-state index contributed by atoms with van der Waals surface area (Å²) in [6.07, 6.45) is 2.89. The van der Waals surface area contributed by atoms with Crippen molar-refractivity contribution >= 4 is 27.3 Å². The summed E-state index contributed by atoms with van der Waals surface area (Å²) in [7, 11) is -3.38. The number of hydrogen-bond donors (Lipinski definition) is 3. The van der Waals surface area contributed by atoms with Gasteiger partial charge in [0.05, 0.1) is 17.6 Å². The van der Waals surface area contributed by atoms with Crippen molar-refractivity contribution in [3.63, 3.8) is 0 Å². The number of rotatable bonds is 7. The summed E-state index contributed by atoms with van der Waals surface area (Å²) in [5, 5.41) is 2.70. The molecule has 0 fully saturated rings. The van der Waals surface area contributed by atoms with Gasteiger partial charge in [-0.3, -0.25) is 9.52 Å². The Balaban J connectivity index is 2.65. The molecule has 1 unspecified atom stereocenters. The van der Waals surface area contributed by atoms with E-state index in [1.54, 1.807) is 24.3 Å². The van der Waals surface area contributed by atoms with Crippen molar-refractivity contribution in [1.29, 1.82) is 0 Å². The van der Waals surface area contributed by atoms with Crippen LogP contribution in [0.3, 0.4) is 0 Å². The average Bonchev–Trinajstić information content (AvgIpc) is 2.29. The molecule has 7 heteroatoms. The van der Waals surface area contributed by atoms with Gasteiger partial charge < -0.3 is 11.1 Å². The molecule has 0 saturated carbocycles. The van der Waals surface area contributed by atoms with Gasteiger partial charge in [0.2, 0.25) is 15.9 Å². The van der Waals surface area contributed by atoms with E-state index in [2.05, 4.69) is 10.0 Å². The third-order valence-electron chi connectivity index (χ3n) is 2.56. The van der Waals surface area contributed by atoms with Gasteiger partial charge >= 0.3 is 0 Å². The lowest BCUT2D eigenvalue weighted by atomic mass is 10.1. The minimum absolute atomic E-state index is 0.0713. The highest BCUT2D eigenvalue weighted by Crippen LogP contribution is 2.22. The predicted molar refractivity (Wildman–Crippen MR) is 81.0 cm³/mol. The summed E-state index contributed by atoms with van der Waals surface area (Å²) in [6.45, 7) is 1.89. The van der Waals surface area contributed by atoms with Crippen LogP contribution in [0.1, 0.15) is 26.2 Å². The van der Waals surface area contributed by atoms with Crippen LogP contribution < -0.4 is 15.8 Å². The fourth-order valence-corrected chi connectivity index (χ4v) is 2.26. The second-order valence-electron chi connectivity index (χ2n) is 4.84. The fraction of sp³-hybridized carbons (Fsp3) is 0.462. The number of nitrogens with two attached hydrogens (primary N) is 1. The van der Waals surface area contributed by atoms with Gasteiger partial charge in [0.15, 0.2) is 0 Å². The van der Waals surface area contributed by atoms with Crippen molar-refractivity contribution in [3.05, 3.63) is 24.3 Å². The summed E-state index contributed by atoms with van der Waals surface area (Å²) < 4.78 is 24.9. The van der Waals surface area contributed by atoms with Crippen LogP contribution >= 0.6 is 0 Å². The molecule has 0 saturated heterocycles. The van der Waals surface area contributed by atoms with Crippen molar-refractivity contribution in [2.24, 2.45) is 5.73 Å². The van der Waals surface area contributed by atoms with Crippen LogP contribution in [0.15, 0.2) is 24.3 Å². The van der Waals surface area contributed by atoms with E-state index in [9.17, 15) is 13.2 Å². The highest BCUT2D eigenvalue weighted by Gasteiger charge is 2.09. The average molecular weight is 299 g/mol. The van der Waals surface area contributed by atoms with E-state index >= 15 is 0 Å². The summed E-state index contributed by atoms with van der Waals surface area (Å²) in [5.74, 6) is -0.159. The molecule has 6 nitrogen and oxygen atoms in total. The molecule has 20 heavy (non-hydrogen) atoms. The number of carbonyl (C=O) groups excluding carboxylic acids is 1. The zero-order valence-electron chi connectivity index (χ0n) is 11.7. The maximum atomic E-state index is 11.8. The largest absolute Gasteiger partial charge is 0.328 e. The number of benzene rings is 1. The van der Waals surface area contributed by atoms with Crippen LogP contribution in [-0.2, 0) is 14.8 Å². The fourth-order valence-electron chi connectivity index (χ4n) is 1.68. The number of sulfonamides is 1. The summed E-state index contributed by atoms with van der Waals surface area (Å²) in [6, 6.07) is 6.74. The topological polar surface area (TPSA) is 101 Å². The van der Waals surface area contributed by atoms with Crippen LogP contribution in [0.4, 0.5) is 11.4 Å². The molecular weight excluding hydrogens is 278 g/mol. The van der Waals surface area contributed by atoms with Gasteiger partial charge in [0.1, 0.15) is 0 Å². The quantitative estimate of drug-likeness (QED) is 0.710. The molecule has 0 aliphatic rings. The Hall–Kier alpha value is -1.60. The molecule has 0 spiro atoms. The molecule has 4 N–H and O–H groups in total. The van der Waals surface area contributed by atoms with Gasteiger partial charge in [-0.25, -0.2) is 8.42 Å². The number of carbonyl (C=O) groups is 1. The van der Waals surface area contributed by atoms with Crippen LogP contribution in [-0.4, -0.2) is 26.6 Å². The second kappa shape index (κ2) is 7.25. The highest BCUT2D eigenvalue weighted by atomic mass is 32.2. The Morgan fingerprint density at radius 2 is 1.90 bits per heavy atom. The van der Waals surface area contributed by atoms with Gasteiger partial charge in [-0.1, -0.05) is 12.1 Å². The lowest BCUT2D eigenvalue weighted by molar-refractivity contribution is -0.116. The molecule has 1 rings (SSSR count). The summed E-state index contributed by atoms with van der Waals surface area (Å²) in [5.41, 5.74) is 6.42. The van der Waals surface area contributed by atoms with E-state index in [0.29, 0.717) is 24.2 Å². The zero-order valence-corrected chi connectivity index (χ0v) is 12.5. The summed E-state index contributed by atoms with van der Waals surface area (Å²) in [4.78, 5) is 11.8. The van der Waals surface area contributed by atoms with Crippen molar-refractivity contribution < 1.29 is 13.2 Å². The van der Waals surface area contributed by atoms with Crippen molar-refractivity contribution in [3.8, 4) is 0 Å². The Morgan fingerprint density at radius 1 is 1.30 bits per heavy atom. The molecule has 112 valence electrons. The van der Waals surface area contributed by atoms with Gasteiger partial charge in [-0.15, -0.1) is 0 Å². The molecule has 1 aromatic carbocycles. The van der Waals surface area contributed by atoms with Crippen molar-refractivity contribution in [2.45, 2.75) is 32.2 Å². The van der Waals surface area contributed by atoms with Gasteiger partial charge in [-0.2, -0.15) is 0 Å². The normalized spacial score (nSPS) is 12.8. The van der Waals surface area contributed by atoms with Crippen molar-refractivity contribution in [2.75, 3.05) is 16.3 Å². The number of nitrogens with one attached hydrogen (secondary N) is 2. The SMILES string of the molecule is CC(N)CCCC(=O)Nc1ccccc1NS(C)(=O)=O. The molecule has 0 radical (unpaired) electrons. The lowest BCUT2D eigenvalue weighted by Crippen LogP contribution is -2.18. The molecule has 1 amide bonds. The Kier molecular flexibility index (Phi) is 5.97. The Bertz CT molecular complexity index is 556. The number of anilines is 2. The minimum Gasteiger partial charge on any atom is -0.328 e. The Labute approximate surface area is 119 Å². The molecular formula is C13H21N3O3S. The molecule has 0 aromatic heterocycles. The maximum Gasteiger partial charge on any atom is 0.229 e. The molecule has 0 aliphatic heterocycles. The first-order valence-electron chi connectivity index (χ1n) is 6.40. The van der Waals surface area contributed by atoms with E-state index in [-0.39, 0.29) is 11.9 Å². The third-order valence-corrected chi connectivity index (χ3v) is 3.15. The van der Waals surface area contributed by atoms with E-state index in [1.165, 1.54) is 0 Å². The minimum atomic E-state index is -3.38. The van der Waals surface area contributed by atoms with E-state index in [0.717, 1.165) is 12.7 Å². The van der Waals surface area contributed by atoms with Crippen molar-refractivity contribution in [1.82, 2.24) is 0 Å². The zero-order chi connectivity index (χ0) is 15.2. The number of amides is 1. The van der Waals surface area contributed by atoms with E-state index < -0.39 is 10.0 Å². The lowest BCUT2D eigenvalue weighted by Gasteiger charge is -2.12. The number of hydrogen-bond acceptors (Lipinski definition) is 4. The van der Waals surface area contributed by atoms with E-state index in [1.807, 2.05) is 6.92 Å². The summed E-state index contributed by atoms with van der Waals surface area (Å²) >= 11 is 0. The Morgan fingerprint density at radius 3 is 2.45 bits per heavy atom. The van der Waals surface area contributed by atoms with E-state index in [4.69, 9.17) is 5.73 Å². The van der Waals surface area contributed by atoms with Crippen LogP contribution in [0.5, 0.6) is 0 Å². The smallest absolute Gasteiger partial charge is 0.229 e. The van der Waals surface area contributed by atoms with Crippen LogP contribution in [0.25, 0.3) is 0 Å². The second-order valence-corrected chi connectivity index (χ2v) is 6.59. The van der Waals surface area contributed by atoms with Crippen LogP contribution in [0, 0.1) is 0 Å².